The Balaban J connectivity index is 1.16. The average molecular weight is 593 g/mol. The molecule has 2 atom stereocenters. The van der Waals surface area contributed by atoms with Gasteiger partial charge in [0.1, 0.15) is 21.5 Å². The van der Waals surface area contributed by atoms with Crippen LogP contribution >= 0.6 is 22.7 Å². The molecule has 12 heteroatoms. The van der Waals surface area contributed by atoms with Crippen LogP contribution in [0.15, 0.2) is 48.5 Å². The number of methoxy groups -OCH3 is 2. The van der Waals surface area contributed by atoms with E-state index in [1.165, 1.54) is 22.7 Å². The lowest BCUT2D eigenvalue weighted by molar-refractivity contribution is -0.116. The van der Waals surface area contributed by atoms with E-state index >= 15 is 0 Å². The lowest BCUT2D eigenvalue weighted by Gasteiger charge is -2.15. The first-order valence-electron chi connectivity index (χ1n) is 13.5. The Morgan fingerprint density at radius 2 is 1.12 bits per heavy atom. The third-order valence-electron chi connectivity index (χ3n) is 7.04. The monoisotopic (exact) mass is 592 g/mol. The first-order chi connectivity index (χ1) is 20.0. The normalized spacial score (nSPS) is 16.9. The van der Waals surface area contributed by atoms with Crippen LogP contribution in [0.3, 0.4) is 0 Å². The first-order valence-corrected chi connectivity index (χ1v) is 15.1. The van der Waals surface area contributed by atoms with Crippen LogP contribution in [0.2, 0.25) is 0 Å². The Morgan fingerprint density at radius 3 is 1.51 bits per heavy atom. The van der Waals surface area contributed by atoms with Crippen molar-refractivity contribution in [2.24, 2.45) is 0 Å². The molecule has 1 aliphatic rings. The third kappa shape index (κ3) is 7.86. The molecule has 1 fully saturated rings. The number of carbonyl (C=O) groups excluding carboxylic acids is 2. The quantitative estimate of drug-likeness (QED) is 0.228. The first kappa shape index (κ1) is 28.6. The average Bonchev–Trinajstić information content (AvgIpc) is 3.57. The second-order valence-electron chi connectivity index (χ2n) is 9.95. The predicted octanol–water partition coefficient (Wildman–Crippen LogP) is 5.60. The molecule has 41 heavy (non-hydrogen) atoms. The smallest absolute Gasteiger partial charge is 0.230 e. The molecule has 214 valence electrons. The van der Waals surface area contributed by atoms with Gasteiger partial charge in [0.2, 0.25) is 22.1 Å². The Hall–Kier alpha value is -3.90. The maximum Gasteiger partial charge on any atom is 0.230 e. The number of carbonyl (C=O) groups is 2. The lowest BCUT2D eigenvalue weighted by atomic mass is 9.94. The Labute approximate surface area is 246 Å². The molecular weight excluding hydrogens is 560 g/mol. The number of nitrogens with one attached hydrogen (secondary N) is 2. The van der Waals surface area contributed by atoms with E-state index in [-0.39, 0.29) is 36.5 Å². The molecule has 0 bridgehead atoms. The molecule has 2 unspecified atom stereocenters. The number of aromatic nitrogens is 4. The molecular formula is C29H32N6O4S2. The topological polar surface area (TPSA) is 128 Å². The van der Waals surface area contributed by atoms with Gasteiger partial charge in [-0.15, -0.1) is 20.4 Å². The summed E-state index contributed by atoms with van der Waals surface area (Å²) in [6.45, 7) is 0. The fourth-order valence-corrected chi connectivity index (χ4v) is 6.71. The summed E-state index contributed by atoms with van der Waals surface area (Å²) in [5, 5.41) is 26.0. The van der Waals surface area contributed by atoms with E-state index in [9.17, 15) is 9.59 Å². The molecule has 4 aromatic rings. The fraction of sp³-hybridized carbons (Fsp3) is 0.379. The minimum absolute atomic E-state index is 0.132. The number of hydrogen-bond acceptors (Lipinski definition) is 10. The molecule has 1 aliphatic carbocycles. The standard InChI is InChI=1S/C29H32N6O4S2/c1-38-22-11-7-18(8-12-22)15-24(36)30-28-34-32-26(40-28)20-5-3-4-6-21(17-20)27-33-35-29(41-27)31-25(37)16-19-9-13-23(39-2)14-10-19/h7-14,20-21H,3-6,15-17H2,1-2H3,(H,30,34,36)(H,31,35,37). The van der Waals surface area contributed by atoms with Gasteiger partial charge in [0.05, 0.1) is 27.1 Å². The lowest BCUT2D eigenvalue weighted by Crippen LogP contribution is -2.14. The van der Waals surface area contributed by atoms with Gasteiger partial charge >= 0.3 is 0 Å². The minimum Gasteiger partial charge on any atom is -0.497 e. The van der Waals surface area contributed by atoms with E-state index in [1.807, 2.05) is 48.5 Å². The maximum atomic E-state index is 12.6. The van der Waals surface area contributed by atoms with Gasteiger partial charge in [0.25, 0.3) is 0 Å². The predicted molar refractivity (Wildman–Crippen MR) is 159 cm³/mol. The van der Waals surface area contributed by atoms with Crippen LogP contribution in [-0.2, 0) is 22.4 Å². The summed E-state index contributed by atoms with van der Waals surface area (Å²) in [7, 11) is 3.23. The van der Waals surface area contributed by atoms with Crippen LogP contribution in [-0.4, -0.2) is 46.4 Å². The molecule has 2 aromatic heterocycles. The number of anilines is 2. The minimum atomic E-state index is -0.132. The maximum absolute atomic E-state index is 12.6. The van der Waals surface area contributed by atoms with E-state index in [0.717, 1.165) is 64.7 Å². The zero-order valence-corrected chi connectivity index (χ0v) is 24.6. The third-order valence-corrected chi connectivity index (χ3v) is 9.05. The van der Waals surface area contributed by atoms with Crippen molar-refractivity contribution in [1.82, 2.24) is 20.4 Å². The molecule has 1 saturated carbocycles. The van der Waals surface area contributed by atoms with Crippen molar-refractivity contribution >= 4 is 44.8 Å². The van der Waals surface area contributed by atoms with Crippen molar-refractivity contribution in [3.8, 4) is 11.5 Å². The highest BCUT2D eigenvalue weighted by Gasteiger charge is 2.28. The summed E-state index contributed by atoms with van der Waals surface area (Å²) >= 11 is 2.87. The molecule has 0 radical (unpaired) electrons. The van der Waals surface area contributed by atoms with Crippen LogP contribution in [0.5, 0.6) is 11.5 Å². The van der Waals surface area contributed by atoms with Crippen molar-refractivity contribution in [3.63, 3.8) is 0 Å². The SMILES string of the molecule is COc1ccc(CC(=O)Nc2nnc(C3CCCCC(c4nnc(NC(=O)Cc5ccc(OC)cc5)s4)C3)s2)cc1. The molecule has 0 spiro atoms. The van der Waals surface area contributed by atoms with Gasteiger partial charge in [0.15, 0.2) is 0 Å². The molecule has 0 saturated heterocycles. The van der Waals surface area contributed by atoms with E-state index in [1.54, 1.807) is 14.2 Å². The van der Waals surface area contributed by atoms with Crippen LogP contribution in [0, 0.1) is 0 Å². The zero-order valence-electron chi connectivity index (χ0n) is 23.0. The van der Waals surface area contributed by atoms with Crippen molar-refractivity contribution in [3.05, 3.63) is 69.7 Å². The van der Waals surface area contributed by atoms with E-state index < -0.39 is 0 Å². The van der Waals surface area contributed by atoms with Gasteiger partial charge in [-0.2, -0.15) is 0 Å². The molecule has 2 aromatic carbocycles. The van der Waals surface area contributed by atoms with Crippen LogP contribution in [0.25, 0.3) is 0 Å². The van der Waals surface area contributed by atoms with E-state index in [0.29, 0.717) is 10.3 Å². The summed E-state index contributed by atoms with van der Waals surface area (Å²) in [5.74, 6) is 1.69. The summed E-state index contributed by atoms with van der Waals surface area (Å²) in [4.78, 5) is 25.1. The van der Waals surface area contributed by atoms with Gasteiger partial charge in [-0.3, -0.25) is 9.59 Å². The second-order valence-corrected chi connectivity index (χ2v) is 12.0. The number of hydrogen-bond donors (Lipinski definition) is 2. The van der Waals surface area contributed by atoms with Crippen LogP contribution in [0.4, 0.5) is 10.3 Å². The molecule has 2 heterocycles. The highest BCUT2D eigenvalue weighted by molar-refractivity contribution is 7.15. The second kappa shape index (κ2) is 13.6. The number of amides is 2. The number of benzene rings is 2. The van der Waals surface area contributed by atoms with Gasteiger partial charge in [-0.1, -0.05) is 59.8 Å². The molecule has 5 rings (SSSR count). The van der Waals surface area contributed by atoms with E-state index in [4.69, 9.17) is 9.47 Å². The molecule has 10 nitrogen and oxygen atoms in total. The number of rotatable bonds is 10. The van der Waals surface area contributed by atoms with Gasteiger partial charge in [-0.05, 0) is 54.7 Å². The Kier molecular flexibility index (Phi) is 9.52. The van der Waals surface area contributed by atoms with Crippen molar-refractivity contribution < 1.29 is 19.1 Å². The summed E-state index contributed by atoms with van der Waals surface area (Å²) in [5.41, 5.74) is 1.79. The summed E-state index contributed by atoms with van der Waals surface area (Å²) in [6.07, 6.45) is 5.57. The van der Waals surface area contributed by atoms with Gasteiger partial charge < -0.3 is 20.1 Å². The number of ether oxygens (including phenoxy) is 2. The van der Waals surface area contributed by atoms with E-state index in [2.05, 4.69) is 31.0 Å². The largest absolute Gasteiger partial charge is 0.497 e. The molecule has 2 amide bonds. The van der Waals surface area contributed by atoms with Gasteiger partial charge in [0, 0.05) is 11.8 Å². The van der Waals surface area contributed by atoms with Crippen molar-refractivity contribution in [2.45, 2.75) is 56.8 Å². The summed E-state index contributed by atoms with van der Waals surface area (Å²) < 4.78 is 10.3. The van der Waals surface area contributed by atoms with Crippen molar-refractivity contribution in [2.75, 3.05) is 24.9 Å². The number of nitrogens with zero attached hydrogens (tertiary/aromatic N) is 4. The highest BCUT2D eigenvalue weighted by Crippen LogP contribution is 2.42. The fourth-order valence-electron chi connectivity index (χ4n) is 4.89. The Morgan fingerprint density at radius 1 is 0.707 bits per heavy atom. The van der Waals surface area contributed by atoms with Crippen LogP contribution in [0.1, 0.15) is 65.1 Å². The summed E-state index contributed by atoms with van der Waals surface area (Å²) in [6, 6.07) is 14.9. The van der Waals surface area contributed by atoms with Crippen molar-refractivity contribution in [1.29, 1.82) is 0 Å². The highest BCUT2D eigenvalue weighted by atomic mass is 32.1. The zero-order chi connectivity index (χ0) is 28.6. The molecule has 2 N–H and O–H groups in total. The Bertz CT molecular complexity index is 1340. The van der Waals surface area contributed by atoms with Crippen LogP contribution < -0.4 is 20.1 Å². The van der Waals surface area contributed by atoms with Gasteiger partial charge in [-0.25, -0.2) is 0 Å². The molecule has 0 aliphatic heterocycles.